The van der Waals surface area contributed by atoms with E-state index >= 15 is 0 Å². The maximum atomic E-state index is 12.9. The number of nitrogens with zero attached hydrogens (tertiary/aromatic N) is 2. The first-order valence-corrected chi connectivity index (χ1v) is 13.6. The first-order valence-electron chi connectivity index (χ1n) is 13.6. The van der Waals surface area contributed by atoms with Crippen LogP contribution in [-0.2, 0) is 23.9 Å². The van der Waals surface area contributed by atoms with Gasteiger partial charge in [-0.25, -0.2) is 9.59 Å². The Kier molecular flexibility index (Phi) is 11.2. The average Bonchev–Trinajstić information content (AvgIpc) is 2.80. The summed E-state index contributed by atoms with van der Waals surface area (Å²) < 4.78 is 10.8. The van der Waals surface area contributed by atoms with Crippen molar-refractivity contribution < 1.29 is 33.8 Å². The number of nitrogens with one attached hydrogen (secondary N) is 1. The van der Waals surface area contributed by atoms with Crippen LogP contribution in [0.15, 0.2) is 0 Å². The van der Waals surface area contributed by atoms with Gasteiger partial charge in [-0.2, -0.15) is 0 Å². The number of amides is 3. The lowest BCUT2D eigenvalue weighted by molar-refractivity contribution is -0.159. The molecule has 0 aromatic heterocycles. The van der Waals surface area contributed by atoms with Crippen molar-refractivity contribution in [1.29, 1.82) is 0 Å². The van der Waals surface area contributed by atoms with E-state index in [1.165, 1.54) is 0 Å². The van der Waals surface area contributed by atoms with Crippen molar-refractivity contribution >= 4 is 23.9 Å². The van der Waals surface area contributed by atoms with Gasteiger partial charge in [0.2, 0.25) is 11.8 Å². The third-order valence-corrected chi connectivity index (χ3v) is 6.60. The number of carbonyl (C=O) groups excluding carboxylic acids is 4. The first kappa shape index (κ1) is 30.9. The fourth-order valence-corrected chi connectivity index (χ4v) is 4.67. The molecule has 0 radical (unpaired) electrons. The van der Waals surface area contributed by atoms with Crippen molar-refractivity contribution in [3.63, 3.8) is 0 Å². The molecule has 2 rings (SSSR count). The number of ether oxygens (including phenoxy) is 2. The van der Waals surface area contributed by atoms with Crippen LogP contribution in [0.2, 0.25) is 0 Å². The molecule has 2 aliphatic rings. The molecule has 10 nitrogen and oxygen atoms in total. The summed E-state index contributed by atoms with van der Waals surface area (Å²) >= 11 is 0. The molecule has 212 valence electrons. The van der Waals surface area contributed by atoms with Crippen LogP contribution in [0.4, 0.5) is 4.79 Å². The minimum absolute atomic E-state index is 0.0334. The number of rotatable bonds is 8. The van der Waals surface area contributed by atoms with Crippen molar-refractivity contribution in [3.05, 3.63) is 0 Å². The highest BCUT2D eigenvalue weighted by molar-refractivity contribution is 5.86. The first-order chi connectivity index (χ1) is 17.2. The Morgan fingerprint density at radius 3 is 2.11 bits per heavy atom. The van der Waals surface area contributed by atoms with Gasteiger partial charge in [0.25, 0.3) is 0 Å². The zero-order chi connectivity index (χ0) is 27.8. The number of hydrogen-bond acceptors (Lipinski definition) is 7. The fourth-order valence-electron chi connectivity index (χ4n) is 4.67. The fraction of sp³-hybridized carbons (Fsp3) is 0.852. The minimum Gasteiger partial charge on any atom is -0.458 e. The molecule has 0 saturated carbocycles. The summed E-state index contributed by atoms with van der Waals surface area (Å²) in [5, 5.41) is 12.1. The van der Waals surface area contributed by atoms with E-state index in [1.807, 2.05) is 20.8 Å². The van der Waals surface area contributed by atoms with Crippen LogP contribution >= 0.6 is 0 Å². The molecule has 0 aromatic rings. The van der Waals surface area contributed by atoms with E-state index in [0.29, 0.717) is 44.9 Å². The van der Waals surface area contributed by atoms with E-state index in [4.69, 9.17) is 9.47 Å². The SMILES string of the molecule is CC(C)(C)OC(=O)[C@H](CCO)NC(=O)[C@@H]1CCCN(C(=O)CCC2CCN(C(=O)OC(C)(C)C)CC2)C1. The number of piperidine rings is 2. The highest BCUT2D eigenvalue weighted by Crippen LogP contribution is 2.25. The Hall–Kier alpha value is -2.36. The molecule has 2 fully saturated rings. The summed E-state index contributed by atoms with van der Waals surface area (Å²) in [6.45, 7) is 12.8. The Balaban J connectivity index is 1.80. The van der Waals surface area contributed by atoms with Crippen LogP contribution in [0.5, 0.6) is 0 Å². The monoisotopic (exact) mass is 525 g/mol. The molecule has 0 bridgehead atoms. The van der Waals surface area contributed by atoms with Gasteiger partial charge in [-0.05, 0) is 79.6 Å². The largest absolute Gasteiger partial charge is 0.458 e. The molecule has 2 saturated heterocycles. The minimum atomic E-state index is -0.922. The molecule has 2 heterocycles. The summed E-state index contributed by atoms with van der Waals surface area (Å²) in [6, 6.07) is -0.922. The Morgan fingerprint density at radius 2 is 1.54 bits per heavy atom. The summed E-state index contributed by atoms with van der Waals surface area (Å²) in [5.41, 5.74) is -1.21. The Morgan fingerprint density at radius 1 is 0.919 bits per heavy atom. The predicted octanol–water partition coefficient (Wildman–Crippen LogP) is 2.86. The maximum absolute atomic E-state index is 12.9. The van der Waals surface area contributed by atoms with Gasteiger partial charge < -0.3 is 29.7 Å². The molecule has 0 aromatic carbocycles. The predicted molar refractivity (Wildman–Crippen MR) is 139 cm³/mol. The van der Waals surface area contributed by atoms with Gasteiger partial charge in [-0.15, -0.1) is 0 Å². The lowest BCUT2D eigenvalue weighted by Gasteiger charge is -2.35. The molecule has 0 unspecified atom stereocenters. The van der Waals surface area contributed by atoms with E-state index in [-0.39, 0.29) is 30.9 Å². The van der Waals surface area contributed by atoms with E-state index in [0.717, 1.165) is 25.7 Å². The van der Waals surface area contributed by atoms with Crippen LogP contribution in [0.25, 0.3) is 0 Å². The molecular formula is C27H47N3O7. The smallest absolute Gasteiger partial charge is 0.410 e. The van der Waals surface area contributed by atoms with Crippen LogP contribution < -0.4 is 5.32 Å². The van der Waals surface area contributed by atoms with E-state index in [2.05, 4.69) is 5.32 Å². The number of hydrogen-bond donors (Lipinski definition) is 2. The van der Waals surface area contributed by atoms with Crippen LogP contribution in [0.3, 0.4) is 0 Å². The third-order valence-electron chi connectivity index (χ3n) is 6.60. The zero-order valence-corrected chi connectivity index (χ0v) is 23.5. The van der Waals surface area contributed by atoms with Gasteiger partial charge >= 0.3 is 12.1 Å². The molecular weight excluding hydrogens is 478 g/mol. The zero-order valence-electron chi connectivity index (χ0n) is 23.5. The topological polar surface area (TPSA) is 125 Å². The summed E-state index contributed by atoms with van der Waals surface area (Å²) in [6.07, 6.45) is 3.99. The van der Waals surface area contributed by atoms with Crippen molar-refractivity contribution in [2.75, 3.05) is 32.8 Å². The summed E-state index contributed by atoms with van der Waals surface area (Å²) in [7, 11) is 0. The van der Waals surface area contributed by atoms with Gasteiger partial charge in [-0.3, -0.25) is 9.59 Å². The molecule has 0 aliphatic carbocycles. The molecule has 37 heavy (non-hydrogen) atoms. The number of aliphatic hydroxyl groups is 1. The van der Waals surface area contributed by atoms with E-state index < -0.39 is 29.1 Å². The second kappa shape index (κ2) is 13.4. The van der Waals surface area contributed by atoms with Crippen LogP contribution in [0.1, 0.15) is 86.5 Å². The molecule has 2 aliphatic heterocycles. The lowest BCUT2D eigenvalue weighted by Crippen LogP contribution is -2.50. The maximum Gasteiger partial charge on any atom is 0.410 e. The lowest BCUT2D eigenvalue weighted by atomic mass is 9.91. The third kappa shape index (κ3) is 10.9. The van der Waals surface area contributed by atoms with Crippen LogP contribution in [0, 0.1) is 11.8 Å². The standard InChI is InChI=1S/C27H47N3O7/c1-26(2,3)36-24(34)21(13-17-31)28-23(33)20-8-7-14-30(18-20)22(32)10-9-19-11-15-29(16-12-19)25(35)37-27(4,5)6/h19-21,31H,7-18H2,1-6H3,(H,28,33)/t20-,21+/m1/s1. The van der Waals surface area contributed by atoms with Gasteiger partial charge in [0, 0.05) is 45.6 Å². The van der Waals surface area contributed by atoms with Gasteiger partial charge in [0.1, 0.15) is 17.2 Å². The van der Waals surface area contributed by atoms with Gasteiger partial charge in [-0.1, -0.05) is 0 Å². The van der Waals surface area contributed by atoms with Crippen molar-refractivity contribution in [3.8, 4) is 0 Å². The summed E-state index contributed by atoms with van der Waals surface area (Å²) in [5.74, 6) is -0.864. The van der Waals surface area contributed by atoms with E-state index in [1.54, 1.807) is 30.6 Å². The van der Waals surface area contributed by atoms with Crippen LogP contribution in [-0.4, -0.2) is 88.8 Å². The van der Waals surface area contributed by atoms with Crippen molar-refractivity contribution in [1.82, 2.24) is 15.1 Å². The average molecular weight is 526 g/mol. The van der Waals surface area contributed by atoms with E-state index in [9.17, 15) is 24.3 Å². The molecule has 2 N–H and O–H groups in total. The Labute approximate surface area is 221 Å². The number of aliphatic hydroxyl groups excluding tert-OH is 1. The second-order valence-electron chi connectivity index (χ2n) is 12.2. The van der Waals surface area contributed by atoms with Gasteiger partial charge in [0.15, 0.2) is 0 Å². The number of likely N-dealkylation sites (tertiary alicyclic amines) is 2. The van der Waals surface area contributed by atoms with Crippen molar-refractivity contribution in [2.24, 2.45) is 11.8 Å². The Bertz CT molecular complexity index is 795. The van der Waals surface area contributed by atoms with Crippen molar-refractivity contribution in [2.45, 2.75) is 104 Å². The molecule has 0 spiro atoms. The molecule has 10 heteroatoms. The number of carbonyl (C=O) groups is 4. The highest BCUT2D eigenvalue weighted by Gasteiger charge is 2.33. The second-order valence-corrected chi connectivity index (χ2v) is 12.2. The number of esters is 1. The normalized spacial score (nSPS) is 20.2. The summed E-state index contributed by atoms with van der Waals surface area (Å²) in [4.78, 5) is 54.0. The van der Waals surface area contributed by atoms with Gasteiger partial charge in [0.05, 0.1) is 5.92 Å². The highest BCUT2D eigenvalue weighted by atomic mass is 16.6. The quantitative estimate of drug-likeness (QED) is 0.467. The molecule has 3 amide bonds. The molecule has 2 atom stereocenters.